The Balaban J connectivity index is 2.80. The summed E-state index contributed by atoms with van der Waals surface area (Å²) in [5, 5.41) is 3.54. The maximum atomic E-state index is 4.49. The summed E-state index contributed by atoms with van der Waals surface area (Å²) in [5.41, 5.74) is 1.37. The molecule has 1 heterocycles. The fourth-order valence-corrected chi connectivity index (χ4v) is 3.61. The number of hydrogen-bond donors (Lipinski definition) is 1. The molecule has 0 nitrogen and oxygen atoms in total. The van der Waals surface area contributed by atoms with E-state index < -0.39 is 0 Å². The summed E-state index contributed by atoms with van der Waals surface area (Å²) < 4.78 is 2.65. The van der Waals surface area contributed by atoms with Gasteiger partial charge in [-0.05, 0) is 46.7 Å². The molecular weight excluding hydrogens is 311 g/mol. The number of halogens is 1. The minimum atomic E-state index is 1.08. The van der Waals surface area contributed by atoms with Crippen molar-refractivity contribution in [3.05, 3.63) is 26.6 Å². The molecule has 0 saturated carbocycles. The first-order chi connectivity index (χ1) is 6.22. The van der Waals surface area contributed by atoms with Crippen molar-refractivity contribution in [2.24, 2.45) is 0 Å². The third-order valence-corrected chi connectivity index (χ3v) is 4.92. The minimum Gasteiger partial charge on any atom is -0.142 e. The molecule has 2 rings (SSSR count). The van der Waals surface area contributed by atoms with E-state index in [0.717, 1.165) is 11.3 Å². The maximum absolute atomic E-state index is 4.49. The van der Waals surface area contributed by atoms with E-state index in [-0.39, 0.29) is 0 Å². The van der Waals surface area contributed by atoms with E-state index in [9.17, 15) is 0 Å². The molecule has 13 heavy (non-hydrogen) atoms. The van der Waals surface area contributed by atoms with Gasteiger partial charge in [0.15, 0.2) is 0 Å². The Morgan fingerprint density at radius 2 is 2.23 bits per heavy atom. The van der Waals surface area contributed by atoms with Gasteiger partial charge in [-0.3, -0.25) is 0 Å². The van der Waals surface area contributed by atoms with Crippen LogP contribution in [0.2, 0.25) is 0 Å². The monoisotopic (exact) mass is 320 g/mol. The molecule has 2 aromatic rings. The lowest BCUT2D eigenvalue weighted by Gasteiger charge is -2.00. The number of thiol groups is 1. The largest absolute Gasteiger partial charge is 0.142 e. The molecule has 0 radical (unpaired) electrons. The molecule has 68 valence electrons. The highest BCUT2D eigenvalue weighted by molar-refractivity contribution is 14.1. The molecule has 0 aliphatic rings. The lowest BCUT2D eigenvalue weighted by molar-refractivity contribution is 1.14. The fraction of sp³-hybridized carbons (Fsp3) is 0.200. The number of benzene rings is 1. The molecule has 0 atom stereocenters. The summed E-state index contributed by atoms with van der Waals surface area (Å²) in [5.74, 6) is 0. The van der Waals surface area contributed by atoms with Crippen molar-refractivity contribution in [3.63, 3.8) is 0 Å². The van der Waals surface area contributed by atoms with Crippen molar-refractivity contribution in [2.75, 3.05) is 0 Å². The van der Waals surface area contributed by atoms with Crippen LogP contribution in [0.3, 0.4) is 0 Å². The van der Waals surface area contributed by atoms with E-state index in [2.05, 4.69) is 59.7 Å². The molecular formula is C10H9IS2. The summed E-state index contributed by atoms with van der Waals surface area (Å²) in [6, 6.07) is 4.44. The zero-order valence-corrected chi connectivity index (χ0v) is 11.0. The van der Waals surface area contributed by atoms with E-state index in [4.69, 9.17) is 0 Å². The van der Waals surface area contributed by atoms with Crippen LogP contribution in [-0.2, 0) is 6.42 Å². The van der Waals surface area contributed by atoms with Crippen molar-refractivity contribution < 1.29 is 0 Å². The van der Waals surface area contributed by atoms with Crippen LogP contribution in [0.1, 0.15) is 12.5 Å². The molecule has 1 aromatic carbocycles. The predicted octanol–water partition coefficient (Wildman–Crippen LogP) is 4.36. The first kappa shape index (κ1) is 9.80. The lowest BCUT2D eigenvalue weighted by Crippen LogP contribution is -1.80. The van der Waals surface area contributed by atoms with Crippen LogP contribution < -0.4 is 0 Å². The Kier molecular flexibility index (Phi) is 2.86. The second-order valence-corrected chi connectivity index (χ2v) is 5.45. The van der Waals surface area contributed by atoms with Crippen molar-refractivity contribution in [1.29, 1.82) is 0 Å². The first-order valence-electron chi connectivity index (χ1n) is 4.11. The molecule has 0 aliphatic heterocycles. The van der Waals surface area contributed by atoms with Crippen molar-refractivity contribution >= 4 is 56.6 Å². The van der Waals surface area contributed by atoms with Gasteiger partial charge in [0.2, 0.25) is 0 Å². The van der Waals surface area contributed by atoms with Crippen molar-refractivity contribution in [1.82, 2.24) is 0 Å². The average Bonchev–Trinajstić information content (AvgIpc) is 2.48. The molecule has 1 aromatic heterocycles. The van der Waals surface area contributed by atoms with Gasteiger partial charge in [-0.25, -0.2) is 0 Å². The van der Waals surface area contributed by atoms with Crippen LogP contribution >= 0.6 is 46.6 Å². The molecule has 0 bridgehead atoms. The van der Waals surface area contributed by atoms with Gasteiger partial charge < -0.3 is 0 Å². The third-order valence-electron chi connectivity index (χ3n) is 2.07. The Morgan fingerprint density at radius 3 is 2.92 bits per heavy atom. The molecule has 0 aliphatic carbocycles. The topological polar surface area (TPSA) is 0 Å². The van der Waals surface area contributed by atoms with Crippen LogP contribution in [-0.4, -0.2) is 0 Å². The van der Waals surface area contributed by atoms with Gasteiger partial charge in [0.05, 0.1) is 0 Å². The quantitative estimate of drug-likeness (QED) is 0.586. The van der Waals surface area contributed by atoms with Crippen LogP contribution in [0, 0.1) is 3.57 Å². The molecule has 0 saturated heterocycles. The molecule has 0 N–H and O–H groups in total. The van der Waals surface area contributed by atoms with Crippen LogP contribution in [0.4, 0.5) is 0 Å². The smallest absolute Gasteiger partial charge is 0.0487 e. The SMILES string of the molecule is CCc1cc(S)c2scc(I)c2c1. The number of aryl methyl sites for hydroxylation is 1. The van der Waals surface area contributed by atoms with Crippen molar-refractivity contribution in [2.45, 2.75) is 18.2 Å². The highest BCUT2D eigenvalue weighted by atomic mass is 127. The summed E-state index contributed by atoms with van der Waals surface area (Å²) in [4.78, 5) is 1.11. The number of rotatable bonds is 1. The van der Waals surface area contributed by atoms with Gasteiger partial charge in [0.25, 0.3) is 0 Å². The van der Waals surface area contributed by atoms with Crippen LogP contribution in [0.5, 0.6) is 0 Å². The summed E-state index contributed by atoms with van der Waals surface area (Å²) in [6.07, 6.45) is 1.08. The average molecular weight is 320 g/mol. The summed E-state index contributed by atoms with van der Waals surface area (Å²) >= 11 is 8.65. The summed E-state index contributed by atoms with van der Waals surface area (Å²) in [7, 11) is 0. The predicted molar refractivity (Wildman–Crippen MR) is 71.2 cm³/mol. The van der Waals surface area contributed by atoms with E-state index in [1.165, 1.54) is 19.2 Å². The molecule has 0 amide bonds. The van der Waals surface area contributed by atoms with Crippen molar-refractivity contribution in [3.8, 4) is 0 Å². The molecule has 0 fully saturated rings. The normalized spacial score (nSPS) is 11.0. The van der Waals surface area contributed by atoms with Gasteiger partial charge >= 0.3 is 0 Å². The zero-order valence-electron chi connectivity index (χ0n) is 7.17. The van der Waals surface area contributed by atoms with Crippen LogP contribution in [0.25, 0.3) is 10.1 Å². The zero-order chi connectivity index (χ0) is 9.42. The van der Waals surface area contributed by atoms with Gasteiger partial charge in [-0.15, -0.1) is 24.0 Å². The summed E-state index contributed by atoms with van der Waals surface area (Å²) in [6.45, 7) is 2.17. The number of hydrogen-bond acceptors (Lipinski definition) is 2. The maximum Gasteiger partial charge on any atom is 0.0487 e. The molecule has 0 spiro atoms. The van der Waals surface area contributed by atoms with Gasteiger partial charge in [0.1, 0.15) is 0 Å². The van der Waals surface area contributed by atoms with Gasteiger partial charge in [-0.1, -0.05) is 6.92 Å². The fourth-order valence-electron chi connectivity index (χ4n) is 1.35. The van der Waals surface area contributed by atoms with E-state index in [1.54, 1.807) is 11.3 Å². The van der Waals surface area contributed by atoms with E-state index >= 15 is 0 Å². The lowest BCUT2D eigenvalue weighted by atomic mass is 10.1. The van der Waals surface area contributed by atoms with Crippen LogP contribution in [0.15, 0.2) is 22.4 Å². The molecule has 3 heteroatoms. The minimum absolute atomic E-state index is 1.08. The van der Waals surface area contributed by atoms with Gasteiger partial charge in [-0.2, -0.15) is 0 Å². The Morgan fingerprint density at radius 1 is 1.46 bits per heavy atom. The van der Waals surface area contributed by atoms with E-state index in [0.29, 0.717) is 0 Å². The Labute approximate surface area is 101 Å². The second-order valence-electron chi connectivity index (χ2n) is 2.93. The number of fused-ring (bicyclic) bond motifs is 1. The Bertz CT molecular complexity index is 445. The molecule has 0 unspecified atom stereocenters. The Hall–Kier alpha value is 0.260. The van der Waals surface area contributed by atoms with E-state index in [1.807, 2.05) is 0 Å². The first-order valence-corrected chi connectivity index (χ1v) is 6.51. The second kappa shape index (κ2) is 3.79. The highest BCUT2D eigenvalue weighted by Gasteiger charge is 2.05. The standard InChI is InChI=1S/C10H9IS2/c1-2-6-3-7-8(11)5-13-10(7)9(12)4-6/h3-5,12H,2H2,1H3. The van der Waals surface area contributed by atoms with Gasteiger partial charge in [0, 0.05) is 23.9 Å². The highest BCUT2D eigenvalue weighted by Crippen LogP contribution is 2.33. The third kappa shape index (κ3) is 1.74. The number of thiophene rings is 1.